The Bertz CT molecular complexity index is 755. The van der Waals surface area contributed by atoms with Gasteiger partial charge in [-0.2, -0.15) is 0 Å². The maximum Gasteiger partial charge on any atom is 0.225 e. The van der Waals surface area contributed by atoms with Gasteiger partial charge in [-0.3, -0.25) is 4.79 Å². The molecule has 1 fully saturated rings. The van der Waals surface area contributed by atoms with Gasteiger partial charge in [-0.25, -0.2) is 9.37 Å². The molecule has 28 heavy (non-hydrogen) atoms. The summed E-state index contributed by atoms with van der Waals surface area (Å²) < 4.78 is 18.5. The third-order valence-corrected chi connectivity index (χ3v) is 4.87. The monoisotopic (exact) mass is 429 g/mol. The van der Waals surface area contributed by atoms with Crippen LogP contribution in [-0.4, -0.2) is 16.4 Å². The van der Waals surface area contributed by atoms with Gasteiger partial charge in [-0.15, -0.1) is 24.8 Å². The molecule has 1 aliphatic rings. The van der Waals surface area contributed by atoms with Crippen molar-refractivity contribution in [3.63, 3.8) is 0 Å². The van der Waals surface area contributed by atoms with Crippen LogP contribution in [0.2, 0.25) is 0 Å². The van der Waals surface area contributed by atoms with Crippen LogP contribution in [0.4, 0.5) is 4.39 Å². The Labute approximate surface area is 177 Å². The quantitative estimate of drug-likeness (QED) is 0.738. The van der Waals surface area contributed by atoms with Crippen LogP contribution in [0.25, 0.3) is 0 Å². The maximum absolute atomic E-state index is 12.9. The van der Waals surface area contributed by atoms with Crippen LogP contribution in [0.1, 0.15) is 38.2 Å². The minimum atomic E-state index is -0.437. The number of pyridine rings is 1. The summed E-state index contributed by atoms with van der Waals surface area (Å²) in [5, 5.41) is 2.96. The van der Waals surface area contributed by atoms with Gasteiger partial charge in [0.25, 0.3) is 0 Å². The van der Waals surface area contributed by atoms with Crippen LogP contribution in [-0.2, 0) is 11.3 Å². The number of nitrogens with zero attached hydrogens (tertiary/aromatic N) is 1. The maximum atomic E-state index is 12.9. The highest BCUT2D eigenvalue weighted by Gasteiger charge is 2.37. The highest BCUT2D eigenvalue weighted by molar-refractivity contribution is 5.85. The smallest absolute Gasteiger partial charge is 0.225 e. The van der Waals surface area contributed by atoms with E-state index in [9.17, 15) is 9.18 Å². The number of amides is 1. The normalized spacial score (nSPS) is 21.0. The SMILES string of the molecule is CC1(N)CCCCC1C(=O)NCc1ccc(Oc2ccc(F)cc2)nc1.Cl.Cl. The second-order valence-electron chi connectivity index (χ2n) is 7.08. The molecule has 1 heterocycles. The number of halogens is 3. The van der Waals surface area contributed by atoms with Crippen molar-refractivity contribution in [1.82, 2.24) is 10.3 Å². The van der Waals surface area contributed by atoms with Crippen molar-refractivity contribution in [2.24, 2.45) is 11.7 Å². The summed E-state index contributed by atoms with van der Waals surface area (Å²) in [5.74, 6) is 0.461. The number of hydrogen-bond donors (Lipinski definition) is 2. The Hall–Kier alpha value is -1.89. The molecule has 5 nitrogen and oxygen atoms in total. The van der Waals surface area contributed by atoms with Gasteiger partial charge in [0, 0.05) is 24.3 Å². The molecule has 0 spiro atoms. The predicted octanol–water partition coefficient (Wildman–Crippen LogP) is 4.38. The Kier molecular flexibility index (Phi) is 9.14. The number of hydrogen-bond acceptors (Lipinski definition) is 4. The van der Waals surface area contributed by atoms with E-state index in [-0.39, 0.29) is 42.5 Å². The van der Waals surface area contributed by atoms with E-state index in [1.807, 2.05) is 13.0 Å². The topological polar surface area (TPSA) is 77.2 Å². The molecule has 2 unspecified atom stereocenters. The lowest BCUT2D eigenvalue weighted by molar-refractivity contribution is -0.128. The van der Waals surface area contributed by atoms with Gasteiger partial charge in [-0.05, 0) is 49.6 Å². The van der Waals surface area contributed by atoms with E-state index in [4.69, 9.17) is 10.5 Å². The van der Waals surface area contributed by atoms with Crippen LogP contribution in [0.15, 0.2) is 42.6 Å². The van der Waals surface area contributed by atoms with Gasteiger partial charge in [0.05, 0.1) is 5.92 Å². The summed E-state index contributed by atoms with van der Waals surface area (Å²) in [4.78, 5) is 16.7. The average Bonchev–Trinajstić information content (AvgIpc) is 2.62. The fourth-order valence-electron chi connectivity index (χ4n) is 3.30. The van der Waals surface area contributed by atoms with E-state index >= 15 is 0 Å². The number of carbonyl (C=O) groups is 1. The first-order valence-corrected chi connectivity index (χ1v) is 8.89. The van der Waals surface area contributed by atoms with Gasteiger partial charge < -0.3 is 15.8 Å². The molecule has 8 heteroatoms. The minimum absolute atomic E-state index is 0. The van der Waals surface area contributed by atoms with Gasteiger partial charge in [0.1, 0.15) is 11.6 Å². The molecule has 1 aliphatic carbocycles. The first-order valence-electron chi connectivity index (χ1n) is 8.89. The molecule has 3 N–H and O–H groups in total. The molecule has 0 radical (unpaired) electrons. The Morgan fingerprint density at radius 3 is 2.57 bits per heavy atom. The lowest BCUT2D eigenvalue weighted by Gasteiger charge is -2.37. The number of benzene rings is 1. The summed E-state index contributed by atoms with van der Waals surface area (Å²) in [5.41, 5.74) is 6.72. The lowest BCUT2D eigenvalue weighted by Crippen LogP contribution is -2.52. The second-order valence-corrected chi connectivity index (χ2v) is 7.08. The second kappa shape index (κ2) is 10.6. The molecule has 1 aromatic heterocycles. The van der Waals surface area contributed by atoms with E-state index in [1.165, 1.54) is 12.1 Å². The molecular formula is C20H26Cl2FN3O2. The molecular weight excluding hydrogens is 404 g/mol. The zero-order valence-electron chi connectivity index (χ0n) is 15.7. The van der Waals surface area contributed by atoms with Crippen molar-refractivity contribution in [2.75, 3.05) is 0 Å². The van der Waals surface area contributed by atoms with E-state index in [0.29, 0.717) is 18.2 Å². The number of ether oxygens (including phenoxy) is 1. The number of aromatic nitrogens is 1. The van der Waals surface area contributed by atoms with Crippen molar-refractivity contribution in [1.29, 1.82) is 0 Å². The van der Waals surface area contributed by atoms with E-state index in [0.717, 1.165) is 31.2 Å². The van der Waals surface area contributed by atoms with E-state index in [2.05, 4.69) is 10.3 Å². The zero-order valence-corrected chi connectivity index (χ0v) is 17.3. The number of nitrogens with two attached hydrogens (primary N) is 1. The minimum Gasteiger partial charge on any atom is -0.439 e. The third kappa shape index (κ3) is 6.33. The van der Waals surface area contributed by atoms with Crippen molar-refractivity contribution in [2.45, 2.75) is 44.7 Å². The molecule has 0 bridgehead atoms. The van der Waals surface area contributed by atoms with Gasteiger partial charge in [0.2, 0.25) is 11.8 Å². The highest BCUT2D eigenvalue weighted by Crippen LogP contribution is 2.31. The van der Waals surface area contributed by atoms with Crippen LogP contribution >= 0.6 is 24.8 Å². The standard InChI is InChI=1S/C20H24FN3O2.2ClH/c1-20(22)11-3-2-4-17(20)19(25)24-13-14-5-10-18(23-12-14)26-16-8-6-15(21)7-9-16;;/h5-10,12,17H,2-4,11,13,22H2,1H3,(H,24,25);2*1H. The van der Waals surface area contributed by atoms with Crippen LogP contribution in [0, 0.1) is 11.7 Å². The molecule has 2 aromatic rings. The van der Waals surface area contributed by atoms with Crippen LogP contribution < -0.4 is 15.8 Å². The first-order chi connectivity index (χ1) is 12.4. The van der Waals surface area contributed by atoms with E-state index < -0.39 is 5.54 Å². The van der Waals surface area contributed by atoms with Gasteiger partial charge >= 0.3 is 0 Å². The van der Waals surface area contributed by atoms with Crippen LogP contribution in [0.3, 0.4) is 0 Å². The highest BCUT2D eigenvalue weighted by atomic mass is 35.5. The zero-order chi connectivity index (χ0) is 18.6. The third-order valence-electron chi connectivity index (χ3n) is 4.87. The molecule has 1 amide bonds. The Morgan fingerprint density at radius 2 is 1.96 bits per heavy atom. The largest absolute Gasteiger partial charge is 0.439 e. The first kappa shape index (κ1) is 24.1. The van der Waals surface area contributed by atoms with Crippen molar-refractivity contribution >= 4 is 30.7 Å². The van der Waals surface area contributed by atoms with E-state index in [1.54, 1.807) is 24.4 Å². The molecule has 3 rings (SSSR count). The molecule has 1 saturated carbocycles. The molecule has 1 aromatic carbocycles. The van der Waals surface area contributed by atoms with Crippen molar-refractivity contribution in [3.05, 3.63) is 54.0 Å². The Morgan fingerprint density at radius 1 is 1.25 bits per heavy atom. The fraction of sp³-hybridized carbons (Fsp3) is 0.400. The number of carbonyl (C=O) groups excluding carboxylic acids is 1. The molecule has 154 valence electrons. The predicted molar refractivity (Wildman–Crippen MR) is 112 cm³/mol. The summed E-state index contributed by atoms with van der Waals surface area (Å²) in [6.07, 6.45) is 5.49. The summed E-state index contributed by atoms with van der Waals surface area (Å²) in [6.45, 7) is 2.36. The summed E-state index contributed by atoms with van der Waals surface area (Å²) in [6, 6.07) is 9.30. The number of nitrogens with one attached hydrogen (secondary N) is 1. The molecule has 2 atom stereocenters. The van der Waals surface area contributed by atoms with Gasteiger partial charge in [0.15, 0.2) is 0 Å². The molecule has 0 saturated heterocycles. The molecule has 0 aliphatic heterocycles. The number of rotatable bonds is 5. The van der Waals surface area contributed by atoms with Crippen molar-refractivity contribution in [3.8, 4) is 11.6 Å². The fourth-order valence-corrected chi connectivity index (χ4v) is 3.30. The summed E-state index contributed by atoms with van der Waals surface area (Å²) >= 11 is 0. The van der Waals surface area contributed by atoms with Crippen molar-refractivity contribution < 1.29 is 13.9 Å². The summed E-state index contributed by atoms with van der Waals surface area (Å²) in [7, 11) is 0. The van der Waals surface area contributed by atoms with Crippen LogP contribution in [0.5, 0.6) is 11.6 Å². The average molecular weight is 430 g/mol. The lowest BCUT2D eigenvalue weighted by atomic mass is 9.74. The Balaban J connectivity index is 0.00000196. The van der Waals surface area contributed by atoms with Gasteiger partial charge in [-0.1, -0.05) is 18.9 Å².